The summed E-state index contributed by atoms with van der Waals surface area (Å²) >= 11 is 0. The van der Waals surface area contributed by atoms with E-state index in [2.05, 4.69) is 0 Å². The molecule has 45 heavy (non-hydrogen) atoms. The van der Waals surface area contributed by atoms with Crippen LogP contribution in [0.2, 0.25) is 0 Å². The molecule has 248 valence electrons. The predicted octanol–water partition coefficient (Wildman–Crippen LogP) is 5.15. The first-order chi connectivity index (χ1) is 21.3. The summed E-state index contributed by atoms with van der Waals surface area (Å²) < 4.78 is 44.4. The molecular formula is C35H48O10. The maximum Gasteiger partial charge on any atom is 0.306 e. The zero-order valence-electron chi connectivity index (χ0n) is 27.8. The minimum atomic E-state index is -0.990. The first kappa shape index (κ1) is 33.6. The van der Waals surface area contributed by atoms with E-state index in [1.165, 1.54) is 13.8 Å². The van der Waals surface area contributed by atoms with E-state index in [0.29, 0.717) is 13.2 Å². The first-order valence-electron chi connectivity index (χ1n) is 16.1. The number of esters is 3. The molecule has 2 aliphatic carbocycles. The summed E-state index contributed by atoms with van der Waals surface area (Å²) in [5.74, 6) is -1.12. The van der Waals surface area contributed by atoms with Crippen molar-refractivity contribution in [1.82, 2.24) is 0 Å². The molecule has 1 saturated carbocycles. The number of fused-ring (bicyclic) bond motifs is 2. The Morgan fingerprint density at radius 1 is 1.04 bits per heavy atom. The lowest BCUT2D eigenvalue weighted by Crippen LogP contribution is -2.68. The Morgan fingerprint density at radius 3 is 2.31 bits per heavy atom. The highest BCUT2D eigenvalue weighted by Crippen LogP contribution is 2.72. The highest BCUT2D eigenvalue weighted by atomic mass is 16.7. The fourth-order valence-corrected chi connectivity index (χ4v) is 7.68. The molecule has 5 rings (SSSR count). The third-order valence-electron chi connectivity index (χ3n) is 10.1. The van der Waals surface area contributed by atoms with Crippen LogP contribution in [0.3, 0.4) is 0 Å². The van der Waals surface area contributed by atoms with Gasteiger partial charge in [-0.15, -0.1) is 0 Å². The van der Waals surface area contributed by atoms with Crippen molar-refractivity contribution in [1.29, 1.82) is 0 Å². The van der Waals surface area contributed by atoms with Crippen molar-refractivity contribution in [2.24, 2.45) is 16.7 Å². The zero-order valence-corrected chi connectivity index (χ0v) is 27.8. The Kier molecular flexibility index (Phi) is 9.53. The van der Waals surface area contributed by atoms with Gasteiger partial charge in [0, 0.05) is 38.9 Å². The second-order valence-electron chi connectivity index (χ2n) is 13.7. The van der Waals surface area contributed by atoms with Gasteiger partial charge in [0.05, 0.1) is 23.5 Å². The third kappa shape index (κ3) is 5.95. The van der Waals surface area contributed by atoms with Crippen LogP contribution in [0.1, 0.15) is 85.1 Å². The van der Waals surface area contributed by atoms with Gasteiger partial charge in [-0.2, -0.15) is 0 Å². The molecule has 0 N–H and O–H groups in total. The lowest BCUT2D eigenvalue weighted by atomic mass is 9.51. The Balaban J connectivity index is 1.60. The minimum Gasteiger partial charge on any atom is -0.465 e. The zero-order chi connectivity index (χ0) is 32.7. The van der Waals surface area contributed by atoms with Crippen LogP contribution in [-0.2, 0) is 47.5 Å². The van der Waals surface area contributed by atoms with Crippen molar-refractivity contribution >= 4 is 17.9 Å². The maximum absolute atomic E-state index is 12.9. The Labute approximate surface area is 266 Å². The van der Waals surface area contributed by atoms with E-state index < -0.39 is 65.2 Å². The number of hydrogen-bond donors (Lipinski definition) is 0. The molecular weight excluding hydrogens is 580 g/mol. The van der Waals surface area contributed by atoms with Crippen LogP contribution in [-0.4, -0.2) is 73.8 Å². The highest BCUT2D eigenvalue weighted by Gasteiger charge is 2.86. The quantitative estimate of drug-likeness (QED) is 0.101. The fourth-order valence-electron chi connectivity index (χ4n) is 7.68. The SMILES string of the molecule is CCCOC(O[C@@H]1[C@@H](OC(C)=O)[C@]2(C)[C@@]3(COC(C)=O)C[C@H](OC(=O)CC(C)C)C(C)=C[C@H]3O[C@H]1[C@@]21CO1)c1ccc(C)cc1. The molecule has 1 spiro atoms. The van der Waals surface area contributed by atoms with Gasteiger partial charge in [0.25, 0.3) is 0 Å². The van der Waals surface area contributed by atoms with E-state index in [1.807, 2.05) is 71.9 Å². The van der Waals surface area contributed by atoms with Crippen molar-refractivity contribution in [3.8, 4) is 0 Å². The van der Waals surface area contributed by atoms with Crippen LogP contribution in [0.4, 0.5) is 0 Å². The van der Waals surface area contributed by atoms with Gasteiger partial charge in [0.2, 0.25) is 0 Å². The molecule has 2 aliphatic heterocycles. The molecule has 3 fully saturated rings. The van der Waals surface area contributed by atoms with Crippen LogP contribution in [0.15, 0.2) is 35.9 Å². The largest absolute Gasteiger partial charge is 0.465 e. The third-order valence-corrected chi connectivity index (χ3v) is 10.1. The van der Waals surface area contributed by atoms with Gasteiger partial charge in [-0.3, -0.25) is 14.4 Å². The van der Waals surface area contributed by atoms with Crippen molar-refractivity contribution in [2.45, 2.75) is 117 Å². The van der Waals surface area contributed by atoms with E-state index in [1.54, 1.807) is 0 Å². The van der Waals surface area contributed by atoms with Gasteiger partial charge in [-0.25, -0.2) is 0 Å². The second-order valence-corrected chi connectivity index (χ2v) is 13.7. The fraction of sp³-hybridized carbons (Fsp3) is 0.686. The average molecular weight is 629 g/mol. The van der Waals surface area contributed by atoms with Gasteiger partial charge in [-0.1, -0.05) is 63.6 Å². The summed E-state index contributed by atoms with van der Waals surface area (Å²) in [6, 6.07) is 7.93. The normalized spacial score (nSPS) is 35.4. The molecule has 1 unspecified atom stereocenters. The Bertz CT molecular complexity index is 1300. The molecule has 2 bridgehead atoms. The minimum absolute atomic E-state index is 0.0540. The summed E-state index contributed by atoms with van der Waals surface area (Å²) in [7, 11) is 0. The number of carbonyl (C=O) groups is 3. The molecule has 10 heteroatoms. The molecule has 2 heterocycles. The summed E-state index contributed by atoms with van der Waals surface area (Å²) in [5, 5.41) is 0. The highest BCUT2D eigenvalue weighted by molar-refractivity contribution is 5.70. The number of hydrogen-bond acceptors (Lipinski definition) is 10. The lowest BCUT2D eigenvalue weighted by Gasteiger charge is -2.58. The number of benzene rings is 1. The molecule has 1 aromatic rings. The van der Waals surface area contributed by atoms with Crippen molar-refractivity contribution < 1.29 is 47.5 Å². The van der Waals surface area contributed by atoms with E-state index in [-0.39, 0.29) is 31.3 Å². The van der Waals surface area contributed by atoms with E-state index in [4.69, 9.17) is 33.2 Å². The molecule has 4 aliphatic rings. The lowest BCUT2D eigenvalue weighted by molar-refractivity contribution is -0.244. The Morgan fingerprint density at radius 2 is 1.73 bits per heavy atom. The van der Waals surface area contributed by atoms with Gasteiger partial charge in [0.15, 0.2) is 6.29 Å². The summed E-state index contributed by atoms with van der Waals surface area (Å²) in [6.45, 7) is 15.4. The van der Waals surface area contributed by atoms with Crippen molar-refractivity contribution in [2.75, 3.05) is 19.8 Å². The van der Waals surface area contributed by atoms with E-state index in [0.717, 1.165) is 23.1 Å². The summed E-state index contributed by atoms with van der Waals surface area (Å²) in [6.07, 6.45) is -0.887. The second kappa shape index (κ2) is 12.8. The first-order valence-corrected chi connectivity index (χ1v) is 16.1. The van der Waals surface area contributed by atoms with Crippen LogP contribution < -0.4 is 0 Å². The predicted molar refractivity (Wildman–Crippen MR) is 163 cm³/mol. The van der Waals surface area contributed by atoms with Crippen LogP contribution in [0.5, 0.6) is 0 Å². The van der Waals surface area contributed by atoms with Gasteiger partial charge in [0.1, 0.15) is 36.6 Å². The van der Waals surface area contributed by atoms with Crippen LogP contribution >= 0.6 is 0 Å². The number of aryl methyl sites for hydroxylation is 1. The topological polar surface area (TPSA) is 119 Å². The number of ether oxygens (including phenoxy) is 7. The molecule has 0 radical (unpaired) electrons. The molecule has 1 aromatic carbocycles. The summed E-state index contributed by atoms with van der Waals surface area (Å²) in [4.78, 5) is 38.0. The van der Waals surface area contributed by atoms with Crippen LogP contribution in [0.25, 0.3) is 0 Å². The van der Waals surface area contributed by atoms with Gasteiger partial charge in [-0.05, 0) is 31.8 Å². The molecule has 9 atom stereocenters. The molecule has 10 nitrogen and oxygen atoms in total. The molecule has 2 saturated heterocycles. The van der Waals surface area contributed by atoms with Crippen molar-refractivity contribution in [3.63, 3.8) is 0 Å². The van der Waals surface area contributed by atoms with Crippen LogP contribution in [0, 0.1) is 23.7 Å². The van der Waals surface area contributed by atoms with E-state index >= 15 is 0 Å². The summed E-state index contributed by atoms with van der Waals surface area (Å²) in [5.41, 5.74) is -0.0873. The standard InChI is InChI=1S/C35H48O10/c1-9-14-39-32(25-12-10-21(4)11-13-25)45-29-30(42-24(7)37)33(8)34(18-40-23(6)36)17-26(43-28(38)15-20(2)3)22(5)16-27(34)44-31(29)35(33)19-41-35/h10-13,16,20,26-27,29-32H,9,14-15,17-19H2,1-8H3/t26-,27+,29+,30+,31+,32?,33+,34+,35-/m0/s1. The Hall–Kier alpha value is -2.79. The number of epoxide rings is 1. The van der Waals surface area contributed by atoms with Gasteiger partial charge >= 0.3 is 17.9 Å². The number of carbonyl (C=O) groups excluding carboxylic acids is 3. The molecule has 0 amide bonds. The monoisotopic (exact) mass is 628 g/mol. The van der Waals surface area contributed by atoms with E-state index in [9.17, 15) is 14.4 Å². The molecule has 0 aromatic heterocycles. The van der Waals surface area contributed by atoms with Crippen molar-refractivity contribution in [3.05, 3.63) is 47.0 Å². The smallest absolute Gasteiger partial charge is 0.306 e. The average Bonchev–Trinajstić information content (AvgIpc) is 3.75. The maximum atomic E-state index is 12.9. The van der Waals surface area contributed by atoms with Gasteiger partial charge < -0.3 is 33.2 Å². The number of rotatable bonds is 12.